The van der Waals surface area contributed by atoms with Crippen molar-refractivity contribution in [2.24, 2.45) is 4.99 Å². The molecule has 182 valence electrons. The molecule has 0 N–H and O–H groups in total. The van der Waals surface area contributed by atoms with Gasteiger partial charge in [-0.25, -0.2) is 9.79 Å². The molecule has 1 aromatic carbocycles. The van der Waals surface area contributed by atoms with Gasteiger partial charge in [-0.05, 0) is 37.6 Å². The van der Waals surface area contributed by atoms with Crippen LogP contribution in [0.15, 0.2) is 66.3 Å². The Hall–Kier alpha value is -2.95. The van der Waals surface area contributed by atoms with Gasteiger partial charge in [-0.3, -0.25) is 9.36 Å². The first-order chi connectivity index (χ1) is 17.0. The van der Waals surface area contributed by atoms with Gasteiger partial charge in [0.05, 0.1) is 41.7 Å². The van der Waals surface area contributed by atoms with Crippen molar-refractivity contribution in [1.29, 1.82) is 0 Å². The zero-order valence-corrected chi connectivity index (χ0v) is 21.7. The number of benzene rings is 1. The number of ether oxygens (including phenoxy) is 2. The van der Waals surface area contributed by atoms with Gasteiger partial charge in [0.15, 0.2) is 10.7 Å². The number of anilines is 1. The molecule has 5 rings (SSSR count). The maximum Gasteiger partial charge on any atom is 0.338 e. The number of thiazole rings is 1. The number of allylic oxidation sites excluding steroid dienone is 1. The minimum atomic E-state index is -0.638. The summed E-state index contributed by atoms with van der Waals surface area (Å²) in [6.45, 7) is 6.61. The summed E-state index contributed by atoms with van der Waals surface area (Å²) in [7, 11) is 0. The van der Waals surface area contributed by atoms with Crippen LogP contribution >= 0.6 is 27.3 Å². The Morgan fingerprint density at radius 2 is 1.97 bits per heavy atom. The van der Waals surface area contributed by atoms with Crippen molar-refractivity contribution in [1.82, 2.24) is 4.57 Å². The van der Waals surface area contributed by atoms with Gasteiger partial charge in [-0.1, -0.05) is 39.4 Å². The first-order valence-electron chi connectivity index (χ1n) is 11.3. The maximum atomic E-state index is 13.6. The van der Waals surface area contributed by atoms with Crippen LogP contribution in [0.1, 0.15) is 31.2 Å². The predicted octanol–water partition coefficient (Wildman–Crippen LogP) is 2.99. The van der Waals surface area contributed by atoms with Gasteiger partial charge in [0.25, 0.3) is 5.56 Å². The van der Waals surface area contributed by atoms with Crippen molar-refractivity contribution in [3.8, 4) is 0 Å². The van der Waals surface area contributed by atoms with Crippen molar-refractivity contribution < 1.29 is 18.7 Å². The van der Waals surface area contributed by atoms with Crippen LogP contribution in [-0.2, 0) is 14.3 Å². The zero-order valence-electron chi connectivity index (χ0n) is 19.3. The number of halogens is 1. The number of carbonyl (C=O) groups is 1. The number of rotatable bonds is 5. The van der Waals surface area contributed by atoms with Crippen molar-refractivity contribution in [3.63, 3.8) is 0 Å². The highest BCUT2D eigenvalue weighted by molar-refractivity contribution is 9.10. The van der Waals surface area contributed by atoms with Crippen molar-refractivity contribution >= 4 is 45.2 Å². The van der Waals surface area contributed by atoms with Gasteiger partial charge in [0, 0.05) is 29.7 Å². The van der Waals surface area contributed by atoms with Crippen LogP contribution in [0.25, 0.3) is 6.08 Å². The van der Waals surface area contributed by atoms with Gasteiger partial charge < -0.3 is 18.8 Å². The average Bonchev–Trinajstić information content (AvgIpc) is 3.44. The quantitative estimate of drug-likeness (QED) is 0.448. The molecule has 4 heterocycles. The number of hydrogen-bond donors (Lipinski definition) is 0. The van der Waals surface area contributed by atoms with E-state index in [4.69, 9.17) is 13.9 Å². The van der Waals surface area contributed by atoms with Crippen LogP contribution in [0.4, 0.5) is 5.88 Å². The summed E-state index contributed by atoms with van der Waals surface area (Å²) in [6, 6.07) is 10.7. The number of nitrogens with zero attached hydrogens (tertiary/aromatic N) is 3. The molecule has 0 aliphatic carbocycles. The summed E-state index contributed by atoms with van der Waals surface area (Å²) in [4.78, 5) is 33.8. The number of aromatic nitrogens is 1. The molecule has 10 heteroatoms. The van der Waals surface area contributed by atoms with Crippen LogP contribution in [0.5, 0.6) is 0 Å². The molecule has 2 aromatic heterocycles. The summed E-state index contributed by atoms with van der Waals surface area (Å²) >= 11 is 4.73. The monoisotopic (exact) mass is 557 g/mol. The maximum absolute atomic E-state index is 13.6. The van der Waals surface area contributed by atoms with E-state index in [1.165, 1.54) is 11.3 Å². The fourth-order valence-corrected chi connectivity index (χ4v) is 5.55. The summed E-state index contributed by atoms with van der Waals surface area (Å²) in [6.07, 6.45) is 1.73. The molecule has 0 unspecified atom stereocenters. The highest BCUT2D eigenvalue weighted by atomic mass is 79.9. The first-order valence-corrected chi connectivity index (χ1v) is 12.9. The topological polar surface area (TPSA) is 86.3 Å². The number of hydrogen-bond acceptors (Lipinski definition) is 8. The number of morpholine rings is 1. The molecule has 0 saturated carbocycles. The Morgan fingerprint density at radius 1 is 1.23 bits per heavy atom. The van der Waals surface area contributed by atoms with Crippen LogP contribution < -0.4 is 19.8 Å². The van der Waals surface area contributed by atoms with E-state index in [1.54, 1.807) is 24.5 Å². The second kappa shape index (κ2) is 9.96. The van der Waals surface area contributed by atoms with E-state index in [9.17, 15) is 9.59 Å². The van der Waals surface area contributed by atoms with Crippen LogP contribution in [-0.4, -0.2) is 43.4 Å². The molecule has 35 heavy (non-hydrogen) atoms. The molecular formula is C25H24BrN3O5S. The van der Waals surface area contributed by atoms with E-state index in [1.807, 2.05) is 36.4 Å². The molecule has 3 aromatic rings. The number of esters is 1. The van der Waals surface area contributed by atoms with Crippen molar-refractivity contribution in [3.05, 3.63) is 83.2 Å². The third-order valence-corrected chi connectivity index (χ3v) is 7.42. The van der Waals surface area contributed by atoms with E-state index in [-0.39, 0.29) is 12.2 Å². The van der Waals surface area contributed by atoms with E-state index in [0.717, 1.165) is 29.0 Å². The molecule has 0 amide bonds. The molecule has 1 atom stereocenters. The standard InChI is InChI=1S/C25H24BrN3O5S/c1-3-33-24(31)21-15(2)27-25-29(22(21)16-4-6-17(26)7-5-16)23(30)19(35-25)14-18-8-9-20(34-18)28-10-12-32-13-11-28/h4-9,14,22H,3,10-13H2,1-2H3/b19-14-/t22-/m1/s1. The first kappa shape index (κ1) is 23.8. The van der Waals surface area contributed by atoms with Gasteiger partial charge in [-0.15, -0.1) is 0 Å². The van der Waals surface area contributed by atoms with E-state index >= 15 is 0 Å². The SMILES string of the molecule is CCOC(=O)C1=C(C)N=c2s/c(=C\c3ccc(N4CCOCC4)o3)c(=O)n2[C@@H]1c1ccc(Br)cc1. The summed E-state index contributed by atoms with van der Waals surface area (Å²) < 4.78 is 19.7. The molecule has 0 bridgehead atoms. The lowest BCUT2D eigenvalue weighted by Crippen LogP contribution is -2.39. The number of fused-ring (bicyclic) bond motifs is 1. The van der Waals surface area contributed by atoms with Crippen LogP contribution in [0.2, 0.25) is 0 Å². The lowest BCUT2D eigenvalue weighted by Gasteiger charge is -2.26. The normalized spacial score (nSPS) is 18.4. The third-order valence-electron chi connectivity index (χ3n) is 5.91. The molecule has 2 aliphatic rings. The Labute approximate surface area is 213 Å². The second-order valence-electron chi connectivity index (χ2n) is 8.13. The number of carbonyl (C=O) groups excluding carboxylic acids is 1. The Balaban J connectivity index is 1.60. The lowest BCUT2D eigenvalue weighted by atomic mass is 9.96. The fourth-order valence-electron chi connectivity index (χ4n) is 4.25. The summed E-state index contributed by atoms with van der Waals surface area (Å²) in [5, 5.41) is 0. The van der Waals surface area contributed by atoms with E-state index in [2.05, 4.69) is 25.8 Å². The van der Waals surface area contributed by atoms with Gasteiger partial charge in [-0.2, -0.15) is 0 Å². The zero-order chi connectivity index (χ0) is 24.5. The molecule has 1 fully saturated rings. The molecule has 0 spiro atoms. The van der Waals surface area contributed by atoms with Crippen molar-refractivity contribution in [2.75, 3.05) is 37.8 Å². The van der Waals surface area contributed by atoms with Gasteiger partial charge in [0.1, 0.15) is 5.76 Å². The summed E-state index contributed by atoms with van der Waals surface area (Å²) in [5.41, 5.74) is 1.46. The largest absolute Gasteiger partial charge is 0.463 e. The molecule has 8 nitrogen and oxygen atoms in total. The minimum absolute atomic E-state index is 0.233. The Kier molecular flexibility index (Phi) is 6.77. The number of furan rings is 1. The summed E-state index contributed by atoms with van der Waals surface area (Å²) in [5.74, 6) is 0.857. The van der Waals surface area contributed by atoms with Gasteiger partial charge in [0.2, 0.25) is 0 Å². The smallest absolute Gasteiger partial charge is 0.338 e. The highest BCUT2D eigenvalue weighted by Gasteiger charge is 2.33. The predicted molar refractivity (Wildman–Crippen MR) is 136 cm³/mol. The molecule has 2 aliphatic heterocycles. The van der Waals surface area contributed by atoms with Crippen LogP contribution in [0.3, 0.4) is 0 Å². The third kappa shape index (κ3) is 4.65. The Bertz CT molecular complexity index is 1460. The fraction of sp³-hybridized carbons (Fsp3) is 0.320. The van der Waals surface area contributed by atoms with E-state index in [0.29, 0.717) is 39.6 Å². The molecular weight excluding hydrogens is 534 g/mol. The van der Waals surface area contributed by atoms with Crippen molar-refractivity contribution in [2.45, 2.75) is 19.9 Å². The minimum Gasteiger partial charge on any atom is -0.463 e. The van der Waals surface area contributed by atoms with Gasteiger partial charge >= 0.3 is 5.97 Å². The Morgan fingerprint density at radius 3 is 2.69 bits per heavy atom. The molecule has 0 radical (unpaired) electrons. The lowest BCUT2D eigenvalue weighted by molar-refractivity contribution is -0.139. The van der Waals surface area contributed by atoms with Crippen LogP contribution in [0, 0.1) is 0 Å². The average molecular weight is 558 g/mol. The van der Waals surface area contributed by atoms with E-state index < -0.39 is 12.0 Å². The molecule has 1 saturated heterocycles. The highest BCUT2D eigenvalue weighted by Crippen LogP contribution is 2.31. The second-order valence-corrected chi connectivity index (χ2v) is 10.1.